The van der Waals surface area contributed by atoms with E-state index in [2.05, 4.69) is 10.3 Å². The van der Waals surface area contributed by atoms with Crippen molar-refractivity contribution >= 4 is 11.9 Å². The predicted molar refractivity (Wildman–Crippen MR) is 77.1 cm³/mol. The predicted octanol–water partition coefficient (Wildman–Crippen LogP) is 2.19. The number of rotatable bonds is 3. The monoisotopic (exact) mass is 299 g/mol. The Labute approximate surface area is 126 Å². The number of halogens is 1. The third kappa shape index (κ3) is 2.22. The Bertz CT molecular complexity index is 735. The Balaban J connectivity index is 1.91. The number of hydrogen-bond acceptors (Lipinski definition) is 3. The number of hydrogen-bond donors (Lipinski definition) is 1. The van der Waals surface area contributed by atoms with Crippen LogP contribution in [0.25, 0.3) is 0 Å². The van der Waals surface area contributed by atoms with Crippen LogP contribution in [0, 0.1) is 5.82 Å². The second-order valence-electron chi connectivity index (χ2n) is 5.25. The van der Waals surface area contributed by atoms with Crippen LogP contribution < -0.4 is 5.32 Å². The minimum absolute atomic E-state index is 0.111. The second kappa shape index (κ2) is 5.22. The summed E-state index contributed by atoms with van der Waals surface area (Å²) in [5, 5.41) is 2.64. The van der Waals surface area contributed by atoms with Gasteiger partial charge in [-0.25, -0.2) is 9.18 Å². The molecule has 0 saturated carbocycles. The fourth-order valence-electron chi connectivity index (χ4n) is 2.47. The summed E-state index contributed by atoms with van der Waals surface area (Å²) in [6, 6.07) is 10.7. The summed E-state index contributed by atoms with van der Waals surface area (Å²) in [5.74, 6) is -0.894. The van der Waals surface area contributed by atoms with E-state index in [0.717, 1.165) is 4.90 Å². The van der Waals surface area contributed by atoms with Crippen molar-refractivity contribution in [1.82, 2.24) is 15.2 Å². The molecule has 1 saturated heterocycles. The molecule has 0 radical (unpaired) electrons. The van der Waals surface area contributed by atoms with Crippen molar-refractivity contribution in [2.75, 3.05) is 0 Å². The number of benzene rings is 1. The molecule has 3 rings (SSSR count). The first kappa shape index (κ1) is 14.2. The Morgan fingerprint density at radius 2 is 1.91 bits per heavy atom. The van der Waals surface area contributed by atoms with Gasteiger partial charge in [0.25, 0.3) is 5.91 Å². The third-order valence-electron chi connectivity index (χ3n) is 3.74. The molecule has 3 amide bonds. The molecule has 6 heteroatoms. The lowest BCUT2D eigenvalue weighted by Gasteiger charge is -2.21. The van der Waals surface area contributed by atoms with Crippen LogP contribution in [0.1, 0.15) is 18.2 Å². The number of urea groups is 1. The SMILES string of the molecule is C[C@@]1(c2ccccn2)NC(=O)N(Cc2ccccc2F)C1=O. The normalized spacial score (nSPS) is 21.1. The summed E-state index contributed by atoms with van der Waals surface area (Å²) in [5.41, 5.74) is -0.496. The topological polar surface area (TPSA) is 62.3 Å². The number of amides is 3. The molecule has 2 heterocycles. The summed E-state index contributed by atoms with van der Waals surface area (Å²) in [6.45, 7) is 1.48. The Kier molecular flexibility index (Phi) is 3.36. The quantitative estimate of drug-likeness (QED) is 0.884. The number of carbonyl (C=O) groups excluding carboxylic acids is 2. The molecular weight excluding hydrogens is 285 g/mol. The maximum Gasteiger partial charge on any atom is 0.325 e. The van der Waals surface area contributed by atoms with Gasteiger partial charge in [-0.05, 0) is 25.1 Å². The van der Waals surface area contributed by atoms with E-state index in [1.165, 1.54) is 6.07 Å². The summed E-state index contributed by atoms with van der Waals surface area (Å²) in [6.07, 6.45) is 1.56. The van der Waals surface area contributed by atoms with Gasteiger partial charge in [-0.2, -0.15) is 0 Å². The van der Waals surface area contributed by atoms with Gasteiger partial charge in [-0.1, -0.05) is 24.3 Å². The third-order valence-corrected chi connectivity index (χ3v) is 3.74. The van der Waals surface area contributed by atoms with Crippen molar-refractivity contribution in [3.63, 3.8) is 0 Å². The highest BCUT2D eigenvalue weighted by Crippen LogP contribution is 2.28. The van der Waals surface area contributed by atoms with Gasteiger partial charge in [0.1, 0.15) is 5.82 Å². The molecule has 0 aliphatic carbocycles. The lowest BCUT2D eigenvalue weighted by molar-refractivity contribution is -0.131. The molecule has 1 aromatic carbocycles. The average Bonchev–Trinajstić information content (AvgIpc) is 2.75. The van der Waals surface area contributed by atoms with Crippen molar-refractivity contribution in [2.45, 2.75) is 19.0 Å². The van der Waals surface area contributed by atoms with E-state index in [-0.39, 0.29) is 12.1 Å². The van der Waals surface area contributed by atoms with Crippen LogP contribution in [0.5, 0.6) is 0 Å². The zero-order valence-corrected chi connectivity index (χ0v) is 11.9. The first-order valence-corrected chi connectivity index (χ1v) is 6.81. The minimum atomic E-state index is -1.23. The standard InChI is InChI=1S/C16H14FN3O2/c1-16(13-8-4-5-9-18-13)14(21)20(15(22)19-16)10-11-6-2-3-7-12(11)17/h2-9H,10H2,1H3,(H,19,22)/t16-/m0/s1. The highest BCUT2D eigenvalue weighted by molar-refractivity contribution is 6.06. The van der Waals surface area contributed by atoms with Crippen LogP contribution in [0.4, 0.5) is 9.18 Å². The summed E-state index contributed by atoms with van der Waals surface area (Å²) in [4.78, 5) is 29.9. The molecule has 2 aromatic rings. The molecule has 0 unspecified atom stereocenters. The van der Waals surface area contributed by atoms with Gasteiger partial charge in [-0.15, -0.1) is 0 Å². The average molecular weight is 299 g/mol. The van der Waals surface area contributed by atoms with Gasteiger partial charge in [0.2, 0.25) is 0 Å². The molecule has 0 bridgehead atoms. The van der Waals surface area contributed by atoms with Gasteiger partial charge in [0, 0.05) is 11.8 Å². The molecule has 1 aliphatic rings. The summed E-state index contributed by atoms with van der Waals surface area (Å²) >= 11 is 0. The summed E-state index contributed by atoms with van der Waals surface area (Å²) in [7, 11) is 0. The van der Waals surface area contributed by atoms with Crippen molar-refractivity contribution in [1.29, 1.82) is 0 Å². The fraction of sp³-hybridized carbons (Fsp3) is 0.188. The maximum atomic E-state index is 13.7. The lowest BCUT2D eigenvalue weighted by Crippen LogP contribution is -2.41. The van der Waals surface area contributed by atoms with Crippen LogP contribution in [0.2, 0.25) is 0 Å². The number of nitrogens with one attached hydrogen (secondary N) is 1. The molecule has 0 spiro atoms. The Morgan fingerprint density at radius 1 is 1.18 bits per heavy atom. The number of imide groups is 1. The van der Waals surface area contributed by atoms with Crippen molar-refractivity contribution < 1.29 is 14.0 Å². The van der Waals surface area contributed by atoms with Crippen LogP contribution in [-0.4, -0.2) is 21.8 Å². The van der Waals surface area contributed by atoms with Gasteiger partial charge < -0.3 is 5.32 Å². The van der Waals surface area contributed by atoms with Crippen LogP contribution in [0.3, 0.4) is 0 Å². The zero-order valence-electron chi connectivity index (χ0n) is 11.9. The van der Waals surface area contributed by atoms with Gasteiger partial charge in [0.05, 0.1) is 12.2 Å². The maximum absolute atomic E-state index is 13.7. The largest absolute Gasteiger partial charge is 0.325 e. The van der Waals surface area contributed by atoms with E-state index in [4.69, 9.17) is 0 Å². The van der Waals surface area contributed by atoms with Crippen LogP contribution in [0.15, 0.2) is 48.7 Å². The van der Waals surface area contributed by atoms with E-state index in [0.29, 0.717) is 5.69 Å². The number of aromatic nitrogens is 1. The minimum Gasteiger partial charge on any atom is -0.318 e. The highest BCUT2D eigenvalue weighted by atomic mass is 19.1. The van der Waals surface area contributed by atoms with E-state index < -0.39 is 23.3 Å². The molecule has 1 aromatic heterocycles. The van der Waals surface area contributed by atoms with E-state index in [1.807, 2.05) is 0 Å². The number of nitrogens with zero attached hydrogens (tertiary/aromatic N) is 2. The summed E-state index contributed by atoms with van der Waals surface area (Å²) < 4.78 is 13.7. The molecule has 112 valence electrons. The number of carbonyl (C=O) groups is 2. The molecule has 1 aliphatic heterocycles. The highest BCUT2D eigenvalue weighted by Gasteiger charge is 2.49. The molecule has 5 nitrogen and oxygen atoms in total. The zero-order chi connectivity index (χ0) is 15.7. The molecule has 22 heavy (non-hydrogen) atoms. The number of pyridine rings is 1. The second-order valence-corrected chi connectivity index (χ2v) is 5.25. The van der Waals surface area contributed by atoms with Crippen LogP contribution >= 0.6 is 0 Å². The Morgan fingerprint density at radius 3 is 2.59 bits per heavy atom. The fourth-order valence-corrected chi connectivity index (χ4v) is 2.47. The van der Waals surface area contributed by atoms with Crippen molar-refractivity contribution in [3.05, 3.63) is 65.7 Å². The molecule has 1 N–H and O–H groups in total. The molecule has 1 atom stereocenters. The molecule has 1 fully saturated rings. The van der Waals surface area contributed by atoms with E-state index >= 15 is 0 Å². The Hall–Kier alpha value is -2.76. The first-order chi connectivity index (χ1) is 10.5. The lowest BCUT2D eigenvalue weighted by atomic mass is 9.97. The van der Waals surface area contributed by atoms with Crippen LogP contribution in [-0.2, 0) is 16.9 Å². The van der Waals surface area contributed by atoms with Gasteiger partial charge in [-0.3, -0.25) is 14.7 Å². The van der Waals surface area contributed by atoms with Crippen molar-refractivity contribution in [3.8, 4) is 0 Å². The first-order valence-electron chi connectivity index (χ1n) is 6.81. The van der Waals surface area contributed by atoms with Gasteiger partial charge >= 0.3 is 6.03 Å². The molecular formula is C16H14FN3O2. The van der Waals surface area contributed by atoms with Crippen molar-refractivity contribution in [2.24, 2.45) is 0 Å². The van der Waals surface area contributed by atoms with E-state index in [1.54, 1.807) is 49.5 Å². The smallest absolute Gasteiger partial charge is 0.318 e. The van der Waals surface area contributed by atoms with Gasteiger partial charge in [0.15, 0.2) is 5.54 Å². The van der Waals surface area contributed by atoms with E-state index in [9.17, 15) is 14.0 Å².